The van der Waals surface area contributed by atoms with Crippen LogP contribution in [0, 0.1) is 11.6 Å². The number of hydrogen-bond donors (Lipinski definition) is 1. The van der Waals surface area contributed by atoms with E-state index in [1.54, 1.807) is 0 Å². The van der Waals surface area contributed by atoms with Crippen LogP contribution in [-0.2, 0) is 21.6 Å². The van der Waals surface area contributed by atoms with Crippen molar-refractivity contribution in [1.29, 1.82) is 0 Å². The van der Waals surface area contributed by atoms with Crippen molar-refractivity contribution >= 4 is 17.3 Å². The van der Waals surface area contributed by atoms with E-state index in [1.807, 2.05) is 17.5 Å². The molecule has 0 saturated carbocycles. The molecule has 1 aromatic heterocycles. The molecule has 0 fully saturated rings. The third kappa shape index (κ3) is 3.11. The highest BCUT2D eigenvalue weighted by molar-refractivity contribution is 7.09. The quantitative estimate of drug-likeness (QED) is 0.862. The van der Waals surface area contributed by atoms with E-state index >= 15 is 0 Å². The molecular weight excluding hydrogens is 296 g/mol. The van der Waals surface area contributed by atoms with Crippen LogP contribution in [0.3, 0.4) is 0 Å². The number of benzene rings is 1. The number of carbonyl (C=O) groups is 1. The molecule has 0 aliphatic heterocycles. The summed E-state index contributed by atoms with van der Waals surface area (Å²) < 4.78 is 32.2. The molecule has 1 aromatic carbocycles. The monoisotopic (exact) mass is 311 g/mol. The van der Waals surface area contributed by atoms with Gasteiger partial charge < -0.3 is 4.74 Å². The number of thiophene rings is 1. The molecule has 0 radical (unpaired) electrons. The fourth-order valence-electron chi connectivity index (χ4n) is 2.05. The van der Waals surface area contributed by atoms with Crippen molar-refractivity contribution in [2.24, 2.45) is 0 Å². The molecule has 112 valence electrons. The lowest BCUT2D eigenvalue weighted by Gasteiger charge is -2.28. The van der Waals surface area contributed by atoms with Gasteiger partial charge >= 0.3 is 5.97 Å². The van der Waals surface area contributed by atoms with Gasteiger partial charge in [-0.05, 0) is 24.4 Å². The van der Waals surface area contributed by atoms with Crippen molar-refractivity contribution in [2.45, 2.75) is 19.0 Å². The van der Waals surface area contributed by atoms with Gasteiger partial charge in [-0.3, -0.25) is 5.32 Å². The fraction of sp³-hybridized carbons (Fsp3) is 0.267. The molecule has 1 N–H and O–H groups in total. The number of halogens is 2. The molecule has 0 saturated heterocycles. The lowest BCUT2D eigenvalue weighted by Crippen LogP contribution is -2.47. The standard InChI is InChI=1S/C15H15F2NO2S/c1-15(14(19)20-2,18-9-10-5-4-8-21-10)11-6-3-7-12(16)13(11)17/h3-8,18H,9H2,1-2H3. The van der Waals surface area contributed by atoms with Crippen LogP contribution in [-0.4, -0.2) is 13.1 Å². The summed E-state index contributed by atoms with van der Waals surface area (Å²) >= 11 is 1.50. The summed E-state index contributed by atoms with van der Waals surface area (Å²) in [6.07, 6.45) is 0. The van der Waals surface area contributed by atoms with Gasteiger partial charge in [0.1, 0.15) is 5.54 Å². The Morgan fingerprint density at radius 2 is 2.10 bits per heavy atom. The van der Waals surface area contributed by atoms with Crippen LogP contribution in [0.25, 0.3) is 0 Å². The molecule has 0 bridgehead atoms. The SMILES string of the molecule is COC(=O)C(C)(NCc1cccs1)c1cccc(F)c1F. The molecule has 21 heavy (non-hydrogen) atoms. The fourth-order valence-corrected chi connectivity index (χ4v) is 2.69. The Bertz CT molecular complexity index is 631. The Morgan fingerprint density at radius 1 is 1.33 bits per heavy atom. The normalized spacial score (nSPS) is 13.7. The van der Waals surface area contributed by atoms with E-state index < -0.39 is 23.1 Å². The van der Waals surface area contributed by atoms with Gasteiger partial charge in [-0.25, -0.2) is 13.6 Å². The lowest BCUT2D eigenvalue weighted by molar-refractivity contribution is -0.148. The number of carbonyl (C=O) groups excluding carboxylic acids is 1. The van der Waals surface area contributed by atoms with E-state index in [4.69, 9.17) is 4.74 Å². The van der Waals surface area contributed by atoms with E-state index in [0.717, 1.165) is 10.9 Å². The number of hydrogen-bond acceptors (Lipinski definition) is 4. The first-order chi connectivity index (χ1) is 9.99. The minimum Gasteiger partial charge on any atom is -0.467 e. The zero-order valence-electron chi connectivity index (χ0n) is 11.7. The Balaban J connectivity index is 2.36. The molecule has 0 spiro atoms. The highest BCUT2D eigenvalue weighted by atomic mass is 32.1. The Hall–Kier alpha value is -1.79. The number of esters is 1. The molecule has 0 aliphatic carbocycles. The van der Waals surface area contributed by atoms with Crippen molar-refractivity contribution in [3.8, 4) is 0 Å². The van der Waals surface area contributed by atoms with Crippen LogP contribution < -0.4 is 5.32 Å². The van der Waals surface area contributed by atoms with Crippen LogP contribution in [0.5, 0.6) is 0 Å². The topological polar surface area (TPSA) is 38.3 Å². The molecule has 1 unspecified atom stereocenters. The van der Waals surface area contributed by atoms with Gasteiger partial charge in [0, 0.05) is 17.0 Å². The summed E-state index contributed by atoms with van der Waals surface area (Å²) in [5.41, 5.74) is -1.55. The molecule has 2 rings (SSSR count). The Morgan fingerprint density at radius 3 is 2.71 bits per heavy atom. The van der Waals surface area contributed by atoms with Gasteiger partial charge in [0.05, 0.1) is 7.11 Å². The predicted octanol–water partition coefficient (Wildman–Crippen LogP) is 3.20. The van der Waals surface area contributed by atoms with Crippen LogP contribution >= 0.6 is 11.3 Å². The highest BCUT2D eigenvalue weighted by Crippen LogP contribution is 2.27. The van der Waals surface area contributed by atoms with E-state index in [9.17, 15) is 13.6 Å². The van der Waals surface area contributed by atoms with Crippen LogP contribution in [0.2, 0.25) is 0 Å². The van der Waals surface area contributed by atoms with Crippen molar-refractivity contribution in [2.75, 3.05) is 7.11 Å². The van der Waals surface area contributed by atoms with Gasteiger partial charge in [0.2, 0.25) is 0 Å². The van der Waals surface area contributed by atoms with Crippen LogP contribution in [0.15, 0.2) is 35.7 Å². The van der Waals surface area contributed by atoms with Crippen LogP contribution in [0.1, 0.15) is 17.4 Å². The molecule has 2 aromatic rings. The third-order valence-electron chi connectivity index (χ3n) is 3.28. The molecule has 1 heterocycles. The van der Waals surface area contributed by atoms with Crippen molar-refractivity contribution in [3.05, 3.63) is 57.8 Å². The predicted molar refractivity (Wildman–Crippen MR) is 76.9 cm³/mol. The van der Waals surface area contributed by atoms with Gasteiger partial charge in [0.25, 0.3) is 0 Å². The molecular formula is C15H15F2NO2S. The summed E-state index contributed by atoms with van der Waals surface area (Å²) in [6.45, 7) is 1.82. The maximum Gasteiger partial charge on any atom is 0.330 e. The van der Waals surface area contributed by atoms with E-state index in [-0.39, 0.29) is 5.56 Å². The molecule has 0 aliphatic rings. The first-order valence-electron chi connectivity index (χ1n) is 6.29. The van der Waals surface area contributed by atoms with Gasteiger partial charge in [-0.15, -0.1) is 11.3 Å². The smallest absolute Gasteiger partial charge is 0.330 e. The molecule has 1 atom stereocenters. The number of rotatable bonds is 5. The minimum absolute atomic E-state index is 0.0779. The van der Waals surface area contributed by atoms with E-state index in [0.29, 0.717) is 6.54 Å². The first kappa shape index (κ1) is 15.6. The van der Waals surface area contributed by atoms with E-state index in [1.165, 1.54) is 37.5 Å². The maximum absolute atomic E-state index is 14.0. The molecule has 3 nitrogen and oxygen atoms in total. The summed E-state index contributed by atoms with van der Waals surface area (Å²) in [7, 11) is 1.21. The van der Waals surface area contributed by atoms with Crippen molar-refractivity contribution in [3.63, 3.8) is 0 Å². The Kier molecular flexibility index (Phi) is 4.69. The second-order valence-electron chi connectivity index (χ2n) is 4.65. The number of nitrogens with one attached hydrogen (secondary N) is 1. The minimum atomic E-state index is -1.47. The van der Waals surface area contributed by atoms with Gasteiger partial charge in [0.15, 0.2) is 11.6 Å². The number of ether oxygens (including phenoxy) is 1. The van der Waals surface area contributed by atoms with Gasteiger partial charge in [-0.2, -0.15) is 0 Å². The lowest BCUT2D eigenvalue weighted by atomic mass is 9.91. The maximum atomic E-state index is 14.0. The molecule has 6 heteroatoms. The van der Waals surface area contributed by atoms with Gasteiger partial charge in [-0.1, -0.05) is 18.2 Å². The summed E-state index contributed by atoms with van der Waals surface area (Å²) in [5.74, 6) is -2.73. The van der Waals surface area contributed by atoms with Crippen molar-refractivity contribution in [1.82, 2.24) is 5.32 Å². The average molecular weight is 311 g/mol. The summed E-state index contributed by atoms with van der Waals surface area (Å²) in [5, 5.41) is 4.86. The van der Waals surface area contributed by atoms with Crippen molar-refractivity contribution < 1.29 is 18.3 Å². The zero-order valence-corrected chi connectivity index (χ0v) is 12.5. The Labute approximate surface area is 125 Å². The molecule has 0 amide bonds. The summed E-state index contributed by atoms with van der Waals surface area (Å²) in [4.78, 5) is 13.1. The number of methoxy groups -OCH3 is 1. The average Bonchev–Trinajstić information content (AvgIpc) is 3.00. The zero-order chi connectivity index (χ0) is 15.5. The first-order valence-corrected chi connectivity index (χ1v) is 7.17. The second kappa shape index (κ2) is 6.32. The third-order valence-corrected chi connectivity index (χ3v) is 4.16. The highest BCUT2D eigenvalue weighted by Gasteiger charge is 2.39. The second-order valence-corrected chi connectivity index (χ2v) is 5.68. The van der Waals surface area contributed by atoms with Crippen LogP contribution in [0.4, 0.5) is 8.78 Å². The summed E-state index contributed by atoms with van der Waals surface area (Å²) in [6, 6.07) is 7.51. The largest absolute Gasteiger partial charge is 0.467 e. The van der Waals surface area contributed by atoms with E-state index in [2.05, 4.69) is 5.32 Å².